The third-order valence-electron chi connectivity index (χ3n) is 2.11. The zero-order valence-electron chi connectivity index (χ0n) is 9.08. The minimum absolute atomic E-state index is 0.744. The number of nitrogen functional groups attached to an aromatic ring is 1. The summed E-state index contributed by atoms with van der Waals surface area (Å²) in [4.78, 5) is 4.27. The molecular formula is C11H18N2S. The number of pyridine rings is 1. The maximum Gasteiger partial charge on any atom is 0.119 e. The zero-order valence-corrected chi connectivity index (χ0v) is 9.90. The Morgan fingerprint density at radius 2 is 2.21 bits per heavy atom. The summed E-state index contributed by atoms with van der Waals surface area (Å²) in [6.07, 6.45) is 3.03. The molecule has 0 spiro atoms. The largest absolute Gasteiger partial charge is 0.396 e. The smallest absolute Gasteiger partial charge is 0.119 e. The number of nitrogens with zero attached hydrogens (tertiary/aromatic N) is 1. The maximum absolute atomic E-state index is 5.92. The number of aryl methyl sites for hydroxylation is 1. The van der Waals surface area contributed by atoms with Crippen LogP contribution in [-0.2, 0) is 0 Å². The number of anilines is 1. The highest BCUT2D eigenvalue weighted by Crippen LogP contribution is 2.25. The van der Waals surface area contributed by atoms with Crippen molar-refractivity contribution in [3.8, 4) is 0 Å². The molecule has 14 heavy (non-hydrogen) atoms. The van der Waals surface area contributed by atoms with Crippen molar-refractivity contribution in [3.63, 3.8) is 0 Å². The van der Waals surface area contributed by atoms with Crippen LogP contribution >= 0.6 is 11.8 Å². The van der Waals surface area contributed by atoms with E-state index in [0.717, 1.165) is 27.9 Å². The van der Waals surface area contributed by atoms with E-state index >= 15 is 0 Å². The Labute approximate surface area is 90.3 Å². The molecule has 0 aliphatic rings. The lowest BCUT2D eigenvalue weighted by atomic mass is 10.2. The van der Waals surface area contributed by atoms with E-state index in [1.807, 2.05) is 19.2 Å². The fourth-order valence-electron chi connectivity index (χ4n) is 1.05. The fourth-order valence-corrected chi connectivity index (χ4v) is 2.29. The standard InChI is InChI=1S/C11H18N2S/c1-8(2)5-7-14-11-10(12)9(3)4-6-13-11/h4,6,8H,5,7,12H2,1-3H3. The summed E-state index contributed by atoms with van der Waals surface area (Å²) in [5, 5.41) is 0.977. The van der Waals surface area contributed by atoms with Crippen LogP contribution in [0.4, 0.5) is 5.69 Å². The van der Waals surface area contributed by atoms with Gasteiger partial charge in [-0.05, 0) is 36.6 Å². The summed E-state index contributed by atoms with van der Waals surface area (Å²) in [6.45, 7) is 6.48. The van der Waals surface area contributed by atoms with Crippen molar-refractivity contribution in [3.05, 3.63) is 17.8 Å². The molecule has 0 amide bonds. The Bertz CT molecular complexity index is 297. The SMILES string of the molecule is Cc1ccnc(SCCC(C)C)c1N. The average Bonchev–Trinajstić information content (AvgIpc) is 2.12. The topological polar surface area (TPSA) is 38.9 Å². The Balaban J connectivity index is 2.54. The quantitative estimate of drug-likeness (QED) is 0.776. The molecule has 1 aromatic heterocycles. The highest BCUT2D eigenvalue weighted by atomic mass is 32.2. The number of thioether (sulfide) groups is 1. The molecule has 1 aromatic rings. The van der Waals surface area contributed by atoms with Crippen molar-refractivity contribution in [2.75, 3.05) is 11.5 Å². The number of nitrogens with two attached hydrogens (primary N) is 1. The average molecular weight is 210 g/mol. The van der Waals surface area contributed by atoms with Gasteiger partial charge in [-0.1, -0.05) is 13.8 Å². The van der Waals surface area contributed by atoms with E-state index in [1.54, 1.807) is 11.8 Å². The first kappa shape index (κ1) is 11.4. The zero-order chi connectivity index (χ0) is 10.6. The van der Waals surface area contributed by atoms with Crippen LogP contribution in [0, 0.1) is 12.8 Å². The van der Waals surface area contributed by atoms with Crippen molar-refractivity contribution < 1.29 is 0 Å². The van der Waals surface area contributed by atoms with E-state index in [1.165, 1.54) is 6.42 Å². The molecule has 0 aliphatic carbocycles. The third kappa shape index (κ3) is 3.22. The van der Waals surface area contributed by atoms with Crippen LogP contribution in [0.1, 0.15) is 25.8 Å². The molecular weight excluding hydrogens is 192 g/mol. The molecule has 1 heterocycles. The summed E-state index contributed by atoms with van der Waals surface area (Å²) >= 11 is 1.75. The molecule has 2 nitrogen and oxygen atoms in total. The molecule has 0 bridgehead atoms. The van der Waals surface area contributed by atoms with E-state index in [2.05, 4.69) is 18.8 Å². The molecule has 0 unspecified atom stereocenters. The molecule has 3 heteroatoms. The lowest BCUT2D eigenvalue weighted by Gasteiger charge is -2.07. The van der Waals surface area contributed by atoms with Crippen molar-refractivity contribution >= 4 is 17.4 Å². The highest BCUT2D eigenvalue weighted by molar-refractivity contribution is 7.99. The van der Waals surface area contributed by atoms with Gasteiger partial charge in [0.2, 0.25) is 0 Å². The van der Waals surface area contributed by atoms with Gasteiger partial charge in [0.15, 0.2) is 0 Å². The summed E-state index contributed by atoms with van der Waals surface area (Å²) < 4.78 is 0. The molecule has 0 saturated heterocycles. The molecule has 0 saturated carbocycles. The van der Waals surface area contributed by atoms with Crippen molar-refractivity contribution in [2.45, 2.75) is 32.2 Å². The molecule has 0 radical (unpaired) electrons. The molecule has 0 aliphatic heterocycles. The third-order valence-corrected chi connectivity index (χ3v) is 3.14. The highest BCUT2D eigenvalue weighted by Gasteiger charge is 2.04. The van der Waals surface area contributed by atoms with E-state index in [9.17, 15) is 0 Å². The molecule has 78 valence electrons. The number of hydrogen-bond donors (Lipinski definition) is 1. The van der Waals surface area contributed by atoms with Gasteiger partial charge in [-0.15, -0.1) is 11.8 Å². The summed E-state index contributed by atoms with van der Waals surface area (Å²) in [5.74, 6) is 1.84. The maximum atomic E-state index is 5.92. The Morgan fingerprint density at radius 3 is 2.86 bits per heavy atom. The first-order chi connectivity index (χ1) is 6.61. The second-order valence-corrected chi connectivity index (χ2v) is 4.96. The van der Waals surface area contributed by atoms with Gasteiger partial charge >= 0.3 is 0 Å². The number of hydrogen-bond acceptors (Lipinski definition) is 3. The molecule has 1 rings (SSSR count). The van der Waals surface area contributed by atoms with Crippen molar-refractivity contribution in [2.24, 2.45) is 5.92 Å². The summed E-state index contributed by atoms with van der Waals surface area (Å²) in [5.41, 5.74) is 7.87. The number of rotatable bonds is 4. The van der Waals surface area contributed by atoms with E-state index in [-0.39, 0.29) is 0 Å². The Morgan fingerprint density at radius 1 is 1.50 bits per heavy atom. The first-order valence-corrected chi connectivity index (χ1v) is 5.93. The van der Waals surface area contributed by atoms with Gasteiger partial charge in [0, 0.05) is 6.20 Å². The second-order valence-electron chi connectivity index (χ2n) is 3.88. The van der Waals surface area contributed by atoms with Crippen LogP contribution in [0.15, 0.2) is 17.3 Å². The van der Waals surface area contributed by atoms with Crippen LogP contribution in [0.3, 0.4) is 0 Å². The van der Waals surface area contributed by atoms with Crippen LogP contribution in [-0.4, -0.2) is 10.7 Å². The summed E-state index contributed by atoms with van der Waals surface area (Å²) in [7, 11) is 0. The Hall–Kier alpha value is -0.700. The van der Waals surface area contributed by atoms with Crippen LogP contribution in [0.5, 0.6) is 0 Å². The van der Waals surface area contributed by atoms with Gasteiger partial charge in [0.1, 0.15) is 5.03 Å². The lowest BCUT2D eigenvalue weighted by molar-refractivity contribution is 0.632. The van der Waals surface area contributed by atoms with Gasteiger partial charge in [-0.25, -0.2) is 4.98 Å². The molecule has 0 atom stereocenters. The number of aromatic nitrogens is 1. The molecule has 2 N–H and O–H groups in total. The van der Waals surface area contributed by atoms with Gasteiger partial charge in [-0.2, -0.15) is 0 Å². The van der Waals surface area contributed by atoms with Gasteiger partial charge in [-0.3, -0.25) is 0 Å². The predicted molar refractivity (Wildman–Crippen MR) is 63.6 cm³/mol. The van der Waals surface area contributed by atoms with E-state index in [0.29, 0.717) is 0 Å². The van der Waals surface area contributed by atoms with E-state index < -0.39 is 0 Å². The van der Waals surface area contributed by atoms with Crippen LogP contribution < -0.4 is 5.73 Å². The fraction of sp³-hybridized carbons (Fsp3) is 0.545. The van der Waals surface area contributed by atoms with Gasteiger partial charge in [0.25, 0.3) is 0 Å². The normalized spacial score (nSPS) is 10.9. The Kier molecular flexibility index (Phi) is 4.26. The second kappa shape index (κ2) is 5.25. The van der Waals surface area contributed by atoms with Crippen molar-refractivity contribution in [1.29, 1.82) is 0 Å². The summed E-state index contributed by atoms with van der Waals surface area (Å²) in [6, 6.07) is 1.95. The van der Waals surface area contributed by atoms with Gasteiger partial charge < -0.3 is 5.73 Å². The van der Waals surface area contributed by atoms with Crippen LogP contribution in [0.2, 0.25) is 0 Å². The predicted octanol–water partition coefficient (Wildman–Crippen LogP) is 3.11. The monoisotopic (exact) mass is 210 g/mol. The van der Waals surface area contributed by atoms with Crippen molar-refractivity contribution in [1.82, 2.24) is 4.98 Å². The minimum Gasteiger partial charge on any atom is -0.396 e. The van der Waals surface area contributed by atoms with E-state index in [4.69, 9.17) is 5.73 Å². The molecule has 0 aromatic carbocycles. The lowest BCUT2D eigenvalue weighted by Crippen LogP contribution is -1.96. The molecule has 0 fully saturated rings. The minimum atomic E-state index is 0.744. The first-order valence-electron chi connectivity index (χ1n) is 4.95. The van der Waals surface area contributed by atoms with Gasteiger partial charge in [0.05, 0.1) is 5.69 Å². The van der Waals surface area contributed by atoms with Crippen LogP contribution in [0.25, 0.3) is 0 Å².